The van der Waals surface area contributed by atoms with Gasteiger partial charge in [0.2, 0.25) is 10.0 Å². The van der Waals surface area contributed by atoms with E-state index in [0.717, 1.165) is 0 Å². The van der Waals surface area contributed by atoms with Gasteiger partial charge in [-0.1, -0.05) is 0 Å². The van der Waals surface area contributed by atoms with E-state index in [-0.39, 0.29) is 28.4 Å². The monoisotopic (exact) mass is 291 g/mol. The fraction of sp³-hybridized carbons (Fsp3) is 0.364. The maximum absolute atomic E-state index is 11.7. The standard InChI is InChI=1S/C11H14ClNO4S/c1-17-10-5-4-8(9(14)3-2-6-12)7-11(10)18(13,15)16/h4-5,7H,2-3,6H2,1H3,(H2,13,15,16). The largest absolute Gasteiger partial charge is 0.495 e. The fourth-order valence-electron chi connectivity index (χ4n) is 1.44. The van der Waals surface area contributed by atoms with Crippen LogP contribution in [0.1, 0.15) is 23.2 Å². The van der Waals surface area contributed by atoms with E-state index in [4.69, 9.17) is 21.5 Å². The third-order valence-corrected chi connectivity index (χ3v) is 3.53. The van der Waals surface area contributed by atoms with Gasteiger partial charge in [0.1, 0.15) is 10.6 Å². The second kappa shape index (κ2) is 6.17. The molecular formula is C11H14ClNO4S. The number of hydrogen-bond acceptors (Lipinski definition) is 4. The van der Waals surface area contributed by atoms with Crippen molar-refractivity contribution in [2.24, 2.45) is 5.14 Å². The van der Waals surface area contributed by atoms with Crippen LogP contribution in [-0.2, 0) is 10.0 Å². The number of rotatable bonds is 6. The molecule has 0 radical (unpaired) electrons. The van der Waals surface area contributed by atoms with Crippen LogP contribution < -0.4 is 9.88 Å². The Morgan fingerprint density at radius 1 is 1.44 bits per heavy atom. The zero-order valence-electron chi connectivity index (χ0n) is 9.85. The van der Waals surface area contributed by atoms with E-state index < -0.39 is 10.0 Å². The van der Waals surface area contributed by atoms with E-state index >= 15 is 0 Å². The molecule has 0 amide bonds. The Balaban J connectivity index is 3.15. The van der Waals surface area contributed by atoms with Gasteiger partial charge in [-0.2, -0.15) is 0 Å². The summed E-state index contributed by atoms with van der Waals surface area (Å²) >= 11 is 5.50. The summed E-state index contributed by atoms with van der Waals surface area (Å²) < 4.78 is 27.6. The molecule has 0 aliphatic carbocycles. The molecule has 0 aliphatic heterocycles. The smallest absolute Gasteiger partial charge is 0.241 e. The summed E-state index contributed by atoms with van der Waals surface area (Å²) in [6.07, 6.45) is 0.803. The molecule has 18 heavy (non-hydrogen) atoms. The van der Waals surface area contributed by atoms with Gasteiger partial charge >= 0.3 is 0 Å². The molecule has 0 heterocycles. The first-order valence-electron chi connectivity index (χ1n) is 5.20. The van der Waals surface area contributed by atoms with Crippen LogP contribution in [0.4, 0.5) is 0 Å². The van der Waals surface area contributed by atoms with E-state index in [1.807, 2.05) is 0 Å². The molecular weight excluding hydrogens is 278 g/mol. The lowest BCUT2D eigenvalue weighted by atomic mass is 10.1. The number of sulfonamides is 1. The Morgan fingerprint density at radius 2 is 2.11 bits per heavy atom. The second-order valence-electron chi connectivity index (χ2n) is 3.63. The predicted molar refractivity (Wildman–Crippen MR) is 68.7 cm³/mol. The summed E-state index contributed by atoms with van der Waals surface area (Å²) in [7, 11) is -2.59. The van der Waals surface area contributed by atoms with Gasteiger partial charge in [-0.05, 0) is 24.6 Å². The minimum absolute atomic E-state index is 0.117. The molecule has 0 fully saturated rings. The predicted octanol–water partition coefficient (Wildman–Crippen LogP) is 1.54. The van der Waals surface area contributed by atoms with E-state index in [2.05, 4.69) is 0 Å². The van der Waals surface area contributed by atoms with Gasteiger partial charge in [-0.25, -0.2) is 13.6 Å². The van der Waals surface area contributed by atoms with Crippen molar-refractivity contribution in [3.63, 3.8) is 0 Å². The molecule has 0 atom stereocenters. The average molecular weight is 292 g/mol. The number of alkyl halides is 1. The highest BCUT2D eigenvalue weighted by Gasteiger charge is 2.17. The molecule has 7 heteroatoms. The Bertz CT molecular complexity index is 542. The van der Waals surface area contributed by atoms with Crippen molar-refractivity contribution >= 4 is 27.4 Å². The molecule has 0 saturated heterocycles. The first-order chi connectivity index (χ1) is 8.40. The van der Waals surface area contributed by atoms with Crippen molar-refractivity contribution in [2.45, 2.75) is 17.7 Å². The van der Waals surface area contributed by atoms with Crippen molar-refractivity contribution in [3.8, 4) is 5.75 Å². The number of primary sulfonamides is 1. The highest BCUT2D eigenvalue weighted by Crippen LogP contribution is 2.24. The summed E-state index contributed by atoms with van der Waals surface area (Å²) in [4.78, 5) is 11.6. The Morgan fingerprint density at radius 3 is 2.61 bits per heavy atom. The molecule has 0 unspecified atom stereocenters. The number of nitrogens with two attached hydrogens (primary N) is 1. The number of carbonyl (C=O) groups is 1. The summed E-state index contributed by atoms with van der Waals surface area (Å²) in [5.74, 6) is 0.318. The molecule has 0 saturated carbocycles. The topological polar surface area (TPSA) is 86.5 Å². The van der Waals surface area contributed by atoms with Crippen LogP contribution in [0, 0.1) is 0 Å². The van der Waals surface area contributed by atoms with E-state index in [9.17, 15) is 13.2 Å². The summed E-state index contributed by atoms with van der Waals surface area (Å²) in [5.41, 5.74) is 0.282. The van der Waals surface area contributed by atoms with Gasteiger partial charge in [0.05, 0.1) is 7.11 Å². The average Bonchev–Trinajstić information content (AvgIpc) is 2.34. The molecule has 5 nitrogen and oxygen atoms in total. The molecule has 1 rings (SSSR count). The maximum atomic E-state index is 11.7. The molecule has 2 N–H and O–H groups in total. The Labute approximate surface area is 111 Å². The van der Waals surface area contributed by atoms with Crippen LogP contribution in [0.3, 0.4) is 0 Å². The number of halogens is 1. The number of carbonyl (C=O) groups excluding carboxylic acids is 1. The lowest BCUT2D eigenvalue weighted by Gasteiger charge is -2.08. The Kier molecular flexibility index (Phi) is 5.13. The van der Waals surface area contributed by atoms with E-state index in [1.54, 1.807) is 0 Å². The molecule has 1 aromatic rings. The van der Waals surface area contributed by atoms with Crippen LogP contribution in [0.5, 0.6) is 5.75 Å². The zero-order valence-corrected chi connectivity index (χ0v) is 11.4. The number of Topliss-reactive ketones (excluding diaryl/α,β-unsaturated/α-hetero) is 1. The van der Waals surface area contributed by atoms with Gasteiger partial charge < -0.3 is 4.74 Å². The van der Waals surface area contributed by atoms with Crippen LogP contribution in [0.15, 0.2) is 23.1 Å². The second-order valence-corrected chi connectivity index (χ2v) is 5.53. The van der Waals surface area contributed by atoms with Crippen LogP contribution >= 0.6 is 11.6 Å². The van der Waals surface area contributed by atoms with Gasteiger partial charge in [0.15, 0.2) is 5.78 Å². The van der Waals surface area contributed by atoms with Crippen molar-refractivity contribution in [1.82, 2.24) is 0 Å². The zero-order chi connectivity index (χ0) is 13.8. The SMILES string of the molecule is COc1ccc(C(=O)CCCCl)cc1S(N)(=O)=O. The lowest BCUT2D eigenvalue weighted by Crippen LogP contribution is -2.14. The molecule has 0 aromatic heterocycles. The van der Waals surface area contributed by atoms with Crippen LogP contribution in [-0.4, -0.2) is 27.2 Å². The van der Waals surface area contributed by atoms with Gasteiger partial charge in [0.25, 0.3) is 0 Å². The minimum atomic E-state index is -3.93. The number of benzene rings is 1. The lowest BCUT2D eigenvalue weighted by molar-refractivity contribution is 0.0981. The maximum Gasteiger partial charge on any atom is 0.241 e. The van der Waals surface area contributed by atoms with E-state index in [0.29, 0.717) is 12.3 Å². The van der Waals surface area contributed by atoms with Gasteiger partial charge in [0, 0.05) is 17.9 Å². The van der Waals surface area contributed by atoms with E-state index in [1.165, 1.54) is 25.3 Å². The highest BCUT2D eigenvalue weighted by atomic mass is 35.5. The molecule has 0 spiro atoms. The van der Waals surface area contributed by atoms with Crippen molar-refractivity contribution in [2.75, 3.05) is 13.0 Å². The van der Waals surface area contributed by atoms with Gasteiger partial charge in [-0.3, -0.25) is 4.79 Å². The van der Waals surface area contributed by atoms with Crippen LogP contribution in [0.25, 0.3) is 0 Å². The van der Waals surface area contributed by atoms with Crippen molar-refractivity contribution < 1.29 is 17.9 Å². The van der Waals surface area contributed by atoms with Crippen LogP contribution in [0.2, 0.25) is 0 Å². The number of ketones is 1. The fourth-order valence-corrected chi connectivity index (χ4v) is 2.30. The molecule has 0 bridgehead atoms. The molecule has 1 aromatic carbocycles. The minimum Gasteiger partial charge on any atom is -0.495 e. The molecule has 0 aliphatic rings. The molecule has 100 valence electrons. The van der Waals surface area contributed by atoms with Crippen molar-refractivity contribution in [3.05, 3.63) is 23.8 Å². The normalized spacial score (nSPS) is 11.3. The number of methoxy groups -OCH3 is 1. The quantitative estimate of drug-likeness (QED) is 0.636. The first kappa shape index (κ1) is 14.9. The summed E-state index contributed by atoms with van der Waals surface area (Å²) in [6.45, 7) is 0. The first-order valence-corrected chi connectivity index (χ1v) is 7.28. The number of ether oxygens (including phenoxy) is 1. The summed E-state index contributed by atoms with van der Waals surface area (Å²) in [6, 6.07) is 4.14. The summed E-state index contributed by atoms with van der Waals surface area (Å²) in [5, 5.41) is 5.06. The number of hydrogen-bond donors (Lipinski definition) is 1. The third kappa shape index (κ3) is 3.69. The third-order valence-electron chi connectivity index (χ3n) is 2.33. The highest BCUT2D eigenvalue weighted by molar-refractivity contribution is 7.89. The van der Waals surface area contributed by atoms with Crippen molar-refractivity contribution in [1.29, 1.82) is 0 Å². The Hall–Kier alpha value is -1.11. The van der Waals surface area contributed by atoms with Gasteiger partial charge in [-0.15, -0.1) is 11.6 Å².